The summed E-state index contributed by atoms with van der Waals surface area (Å²) in [6.45, 7) is 0. The molecule has 2 aliphatic heterocycles. The van der Waals surface area contributed by atoms with Gasteiger partial charge in [0.25, 0.3) is 0 Å². The molecule has 39 heavy (non-hydrogen) atoms. The molecular weight excluding hydrogens is 494 g/mol. The molecule has 0 radical (unpaired) electrons. The topological polar surface area (TPSA) is 29.0 Å². The van der Waals surface area contributed by atoms with Gasteiger partial charge in [-0.2, -0.15) is 0 Å². The van der Waals surface area contributed by atoms with E-state index >= 15 is 0 Å². The van der Waals surface area contributed by atoms with E-state index in [9.17, 15) is 0 Å². The van der Waals surface area contributed by atoms with Gasteiger partial charge in [0.1, 0.15) is 0 Å². The SMILES string of the molecule is c1cnc(-c2ccc(N3c4ccccc4C4(c5ccccc5Sc5ccccc54)c4ccccc43)cc2)nc1. The zero-order chi connectivity index (χ0) is 25.8. The van der Waals surface area contributed by atoms with E-state index < -0.39 is 5.41 Å². The van der Waals surface area contributed by atoms with Crippen LogP contribution in [-0.2, 0) is 5.41 Å². The first-order chi connectivity index (χ1) is 19.4. The Morgan fingerprint density at radius 1 is 0.487 bits per heavy atom. The second kappa shape index (κ2) is 8.69. The maximum Gasteiger partial charge on any atom is 0.159 e. The van der Waals surface area contributed by atoms with Crippen molar-refractivity contribution in [2.24, 2.45) is 0 Å². The lowest BCUT2D eigenvalue weighted by molar-refractivity contribution is 0.692. The molecule has 0 aliphatic carbocycles. The largest absolute Gasteiger partial charge is 0.310 e. The van der Waals surface area contributed by atoms with Crippen molar-refractivity contribution >= 4 is 28.8 Å². The van der Waals surface area contributed by atoms with Crippen LogP contribution in [0.25, 0.3) is 11.4 Å². The molecular formula is C35H23N3S. The number of benzene rings is 5. The monoisotopic (exact) mass is 517 g/mol. The number of nitrogens with zero attached hydrogens (tertiary/aromatic N) is 3. The second-order valence-corrected chi connectivity index (χ2v) is 10.9. The van der Waals surface area contributed by atoms with E-state index in [1.807, 2.05) is 17.8 Å². The molecule has 5 aromatic carbocycles. The lowest BCUT2D eigenvalue weighted by Crippen LogP contribution is -2.39. The fourth-order valence-electron chi connectivity index (χ4n) is 6.31. The van der Waals surface area contributed by atoms with Crippen LogP contribution in [0.4, 0.5) is 17.1 Å². The Morgan fingerprint density at radius 2 is 0.974 bits per heavy atom. The summed E-state index contributed by atoms with van der Waals surface area (Å²) < 4.78 is 0. The van der Waals surface area contributed by atoms with Crippen LogP contribution in [0.2, 0.25) is 0 Å². The normalized spacial score (nSPS) is 14.2. The van der Waals surface area contributed by atoms with Crippen molar-refractivity contribution in [3.63, 3.8) is 0 Å². The third-order valence-corrected chi connectivity index (χ3v) is 9.00. The van der Waals surface area contributed by atoms with E-state index in [-0.39, 0.29) is 0 Å². The summed E-state index contributed by atoms with van der Waals surface area (Å²) in [5.74, 6) is 0.732. The van der Waals surface area contributed by atoms with Gasteiger partial charge in [0.2, 0.25) is 0 Å². The highest BCUT2D eigenvalue weighted by atomic mass is 32.2. The highest BCUT2D eigenvalue weighted by Gasteiger charge is 2.50. The van der Waals surface area contributed by atoms with Crippen molar-refractivity contribution < 1.29 is 0 Å². The Bertz CT molecular complexity index is 1750. The minimum Gasteiger partial charge on any atom is -0.310 e. The minimum absolute atomic E-state index is 0.417. The third kappa shape index (κ3) is 3.19. The van der Waals surface area contributed by atoms with Crippen LogP contribution < -0.4 is 4.90 Å². The summed E-state index contributed by atoms with van der Waals surface area (Å²) in [5, 5.41) is 0. The Balaban J connectivity index is 1.41. The zero-order valence-corrected chi connectivity index (χ0v) is 21.8. The van der Waals surface area contributed by atoms with Crippen molar-refractivity contribution in [3.05, 3.63) is 162 Å². The molecule has 0 saturated carbocycles. The summed E-state index contributed by atoms with van der Waals surface area (Å²) in [4.78, 5) is 13.9. The highest BCUT2D eigenvalue weighted by molar-refractivity contribution is 7.99. The molecule has 6 aromatic rings. The molecule has 2 aliphatic rings. The summed E-state index contributed by atoms with van der Waals surface area (Å²) >= 11 is 1.87. The smallest absolute Gasteiger partial charge is 0.159 e. The molecule has 0 saturated heterocycles. The Kier molecular flexibility index (Phi) is 4.97. The molecule has 4 heteroatoms. The average Bonchev–Trinajstić information content (AvgIpc) is 3.02. The van der Waals surface area contributed by atoms with Crippen LogP contribution in [-0.4, -0.2) is 9.97 Å². The van der Waals surface area contributed by atoms with E-state index in [1.165, 1.54) is 43.4 Å². The maximum absolute atomic E-state index is 4.44. The van der Waals surface area contributed by atoms with Gasteiger partial charge in [0, 0.05) is 33.4 Å². The van der Waals surface area contributed by atoms with E-state index in [2.05, 4.69) is 136 Å². The summed E-state index contributed by atoms with van der Waals surface area (Å²) in [6.07, 6.45) is 3.57. The molecule has 1 aromatic heterocycles. The fourth-order valence-corrected chi connectivity index (χ4v) is 7.50. The predicted octanol–water partition coefficient (Wildman–Crippen LogP) is 8.77. The molecule has 0 unspecified atom stereocenters. The fraction of sp³-hybridized carbons (Fsp3) is 0.0286. The van der Waals surface area contributed by atoms with Crippen molar-refractivity contribution in [1.29, 1.82) is 0 Å². The first-order valence-electron chi connectivity index (χ1n) is 13.1. The second-order valence-electron chi connectivity index (χ2n) is 9.83. The van der Waals surface area contributed by atoms with Gasteiger partial charge >= 0.3 is 0 Å². The van der Waals surface area contributed by atoms with E-state index in [0.29, 0.717) is 0 Å². The molecule has 1 spiro atoms. The summed E-state index contributed by atoms with van der Waals surface area (Å²) in [6, 6.07) is 46.0. The van der Waals surface area contributed by atoms with Crippen LogP contribution in [0.3, 0.4) is 0 Å². The van der Waals surface area contributed by atoms with Gasteiger partial charge in [0.05, 0.1) is 16.8 Å². The lowest BCUT2D eigenvalue weighted by atomic mass is 9.62. The highest BCUT2D eigenvalue weighted by Crippen LogP contribution is 2.62. The van der Waals surface area contributed by atoms with Gasteiger partial charge in [-0.15, -0.1) is 0 Å². The first kappa shape index (κ1) is 22.3. The Labute approximate surface area is 231 Å². The molecule has 0 N–H and O–H groups in total. The van der Waals surface area contributed by atoms with Crippen LogP contribution in [0.15, 0.2) is 150 Å². The van der Waals surface area contributed by atoms with Gasteiger partial charge in [-0.05, 0) is 76.9 Å². The molecule has 3 heterocycles. The van der Waals surface area contributed by atoms with Crippen molar-refractivity contribution in [1.82, 2.24) is 9.97 Å². The number of rotatable bonds is 2. The molecule has 0 bridgehead atoms. The number of fused-ring (bicyclic) bond motifs is 8. The van der Waals surface area contributed by atoms with Crippen molar-refractivity contribution in [2.45, 2.75) is 15.2 Å². The summed E-state index contributed by atoms with van der Waals surface area (Å²) in [7, 11) is 0. The van der Waals surface area contributed by atoms with E-state index in [1.54, 1.807) is 12.4 Å². The molecule has 8 rings (SSSR count). The van der Waals surface area contributed by atoms with Gasteiger partial charge in [-0.3, -0.25) is 0 Å². The Morgan fingerprint density at radius 3 is 1.54 bits per heavy atom. The van der Waals surface area contributed by atoms with Crippen LogP contribution >= 0.6 is 11.8 Å². The quantitative estimate of drug-likeness (QED) is 0.229. The van der Waals surface area contributed by atoms with Gasteiger partial charge in [0.15, 0.2) is 5.82 Å². The molecule has 0 fully saturated rings. The Hall–Kier alpha value is -4.67. The molecule has 184 valence electrons. The van der Waals surface area contributed by atoms with Crippen molar-refractivity contribution in [2.75, 3.05) is 4.90 Å². The maximum atomic E-state index is 4.44. The predicted molar refractivity (Wildman–Crippen MR) is 158 cm³/mol. The number of para-hydroxylation sites is 2. The van der Waals surface area contributed by atoms with E-state index in [0.717, 1.165) is 17.1 Å². The molecule has 3 nitrogen and oxygen atoms in total. The average molecular weight is 518 g/mol. The number of aromatic nitrogens is 2. The van der Waals surface area contributed by atoms with Crippen LogP contribution in [0, 0.1) is 0 Å². The first-order valence-corrected chi connectivity index (χ1v) is 13.9. The van der Waals surface area contributed by atoms with E-state index in [4.69, 9.17) is 0 Å². The van der Waals surface area contributed by atoms with Gasteiger partial charge in [-0.1, -0.05) is 84.6 Å². The lowest BCUT2D eigenvalue weighted by Gasteiger charge is -2.49. The number of anilines is 3. The minimum atomic E-state index is -0.417. The van der Waals surface area contributed by atoms with Crippen molar-refractivity contribution in [3.8, 4) is 11.4 Å². The van der Waals surface area contributed by atoms with Gasteiger partial charge < -0.3 is 4.90 Å². The van der Waals surface area contributed by atoms with Crippen LogP contribution in [0.1, 0.15) is 22.3 Å². The zero-order valence-electron chi connectivity index (χ0n) is 21.0. The standard InChI is InChI=1S/C35H23N3S/c1-5-14-30-26(10-1)35(28-12-3-7-16-32(28)39-33-17-8-4-13-29(33)35)27-11-2-6-15-31(27)38(30)25-20-18-24(19-21-25)34-36-22-9-23-37-34/h1-23H. The molecule has 0 amide bonds. The van der Waals surface area contributed by atoms with Gasteiger partial charge in [-0.25, -0.2) is 9.97 Å². The number of hydrogen-bond donors (Lipinski definition) is 0. The number of hydrogen-bond acceptors (Lipinski definition) is 4. The van der Waals surface area contributed by atoms with Crippen LogP contribution in [0.5, 0.6) is 0 Å². The summed E-state index contributed by atoms with van der Waals surface area (Å²) in [5.41, 5.74) is 9.33. The molecule has 0 atom stereocenters. The third-order valence-electron chi connectivity index (χ3n) is 7.85.